The Morgan fingerprint density at radius 2 is 2.15 bits per heavy atom. The van der Waals surface area contributed by atoms with Gasteiger partial charge in [0, 0.05) is 19.2 Å². The standard InChI is InChI=1S/C14H16BrN3O2/c1-16-14(13(19)20,11-5-3-2-4-6-11)7-8-18-10-12(15)9-17-18/h2-6,9-10,16H,7-8H2,1H3,(H,19,20). The number of hydrogen-bond acceptors (Lipinski definition) is 3. The molecular formula is C14H16BrN3O2. The first-order valence-corrected chi connectivity index (χ1v) is 7.03. The van der Waals surface area contributed by atoms with Gasteiger partial charge < -0.3 is 10.4 Å². The van der Waals surface area contributed by atoms with Crippen molar-refractivity contribution in [2.75, 3.05) is 7.05 Å². The van der Waals surface area contributed by atoms with E-state index in [1.807, 2.05) is 36.5 Å². The topological polar surface area (TPSA) is 67.2 Å². The molecule has 0 bridgehead atoms. The lowest BCUT2D eigenvalue weighted by molar-refractivity contribution is -0.145. The van der Waals surface area contributed by atoms with Crippen molar-refractivity contribution in [3.63, 3.8) is 0 Å². The van der Waals surface area contributed by atoms with Crippen molar-refractivity contribution in [2.45, 2.75) is 18.5 Å². The lowest BCUT2D eigenvalue weighted by atomic mass is 9.86. The molecule has 1 aromatic heterocycles. The van der Waals surface area contributed by atoms with Crippen LogP contribution in [0.4, 0.5) is 0 Å². The number of halogens is 1. The highest BCUT2D eigenvalue weighted by Gasteiger charge is 2.38. The molecule has 0 spiro atoms. The first-order chi connectivity index (χ1) is 9.58. The summed E-state index contributed by atoms with van der Waals surface area (Å²) in [6.07, 6.45) is 3.91. The van der Waals surface area contributed by atoms with E-state index < -0.39 is 11.5 Å². The zero-order valence-electron chi connectivity index (χ0n) is 11.1. The number of aromatic nitrogens is 2. The molecule has 0 fully saturated rings. The Labute approximate surface area is 125 Å². The van der Waals surface area contributed by atoms with Gasteiger partial charge in [-0.15, -0.1) is 0 Å². The van der Waals surface area contributed by atoms with E-state index in [2.05, 4.69) is 26.3 Å². The fourth-order valence-corrected chi connectivity index (χ4v) is 2.54. The maximum Gasteiger partial charge on any atom is 0.328 e. The van der Waals surface area contributed by atoms with Crippen LogP contribution in [0.25, 0.3) is 0 Å². The molecule has 5 nitrogen and oxygen atoms in total. The highest BCUT2D eigenvalue weighted by molar-refractivity contribution is 9.10. The smallest absolute Gasteiger partial charge is 0.328 e. The molecule has 1 aromatic carbocycles. The molecule has 0 radical (unpaired) electrons. The summed E-state index contributed by atoms with van der Waals surface area (Å²) >= 11 is 3.33. The Kier molecular flexibility index (Phi) is 4.57. The molecule has 1 unspecified atom stereocenters. The van der Waals surface area contributed by atoms with Crippen LogP contribution >= 0.6 is 15.9 Å². The van der Waals surface area contributed by atoms with Crippen LogP contribution in [-0.4, -0.2) is 27.9 Å². The van der Waals surface area contributed by atoms with E-state index in [4.69, 9.17) is 0 Å². The molecule has 0 saturated heterocycles. The van der Waals surface area contributed by atoms with E-state index in [9.17, 15) is 9.90 Å². The predicted molar refractivity (Wildman–Crippen MR) is 79.4 cm³/mol. The Bertz CT molecular complexity index is 585. The summed E-state index contributed by atoms with van der Waals surface area (Å²) in [5.74, 6) is -0.891. The minimum atomic E-state index is -1.11. The molecule has 0 aliphatic heterocycles. The van der Waals surface area contributed by atoms with Gasteiger partial charge in [-0.05, 0) is 28.5 Å². The number of nitrogens with zero attached hydrogens (tertiary/aromatic N) is 2. The molecule has 2 rings (SSSR count). The molecule has 20 heavy (non-hydrogen) atoms. The summed E-state index contributed by atoms with van der Waals surface area (Å²) in [4.78, 5) is 11.8. The minimum absolute atomic E-state index is 0.400. The fraction of sp³-hybridized carbons (Fsp3) is 0.286. The van der Waals surface area contributed by atoms with Gasteiger partial charge in [-0.25, -0.2) is 4.79 Å². The summed E-state index contributed by atoms with van der Waals surface area (Å²) in [6.45, 7) is 0.508. The van der Waals surface area contributed by atoms with Gasteiger partial charge in [0.25, 0.3) is 0 Å². The summed E-state index contributed by atoms with van der Waals surface area (Å²) < 4.78 is 2.60. The number of aryl methyl sites for hydroxylation is 1. The zero-order chi connectivity index (χ0) is 14.6. The maximum atomic E-state index is 11.8. The van der Waals surface area contributed by atoms with E-state index in [0.717, 1.165) is 10.0 Å². The number of rotatable bonds is 6. The molecule has 106 valence electrons. The van der Waals surface area contributed by atoms with Crippen molar-refractivity contribution in [1.82, 2.24) is 15.1 Å². The lowest BCUT2D eigenvalue weighted by Gasteiger charge is -2.29. The van der Waals surface area contributed by atoms with Gasteiger partial charge >= 0.3 is 5.97 Å². The normalized spacial score (nSPS) is 13.9. The van der Waals surface area contributed by atoms with Crippen LogP contribution in [0.3, 0.4) is 0 Å². The van der Waals surface area contributed by atoms with Crippen molar-refractivity contribution in [3.05, 3.63) is 52.8 Å². The largest absolute Gasteiger partial charge is 0.480 e. The number of carboxylic acids is 1. The molecule has 0 saturated carbocycles. The monoisotopic (exact) mass is 337 g/mol. The third-order valence-corrected chi connectivity index (χ3v) is 3.79. The number of carboxylic acid groups (broad SMARTS) is 1. The first kappa shape index (κ1) is 14.7. The molecule has 6 heteroatoms. The van der Waals surface area contributed by atoms with Crippen LogP contribution in [0.2, 0.25) is 0 Å². The van der Waals surface area contributed by atoms with E-state index >= 15 is 0 Å². The second kappa shape index (κ2) is 6.19. The van der Waals surface area contributed by atoms with Crippen LogP contribution in [-0.2, 0) is 16.9 Å². The molecule has 0 aliphatic carbocycles. The van der Waals surface area contributed by atoms with Gasteiger partial charge in [0.1, 0.15) is 5.54 Å². The molecular weight excluding hydrogens is 322 g/mol. The number of benzene rings is 1. The van der Waals surface area contributed by atoms with E-state index in [-0.39, 0.29) is 0 Å². The van der Waals surface area contributed by atoms with Gasteiger partial charge in [-0.1, -0.05) is 30.3 Å². The van der Waals surface area contributed by atoms with Crippen LogP contribution in [0, 0.1) is 0 Å². The Balaban J connectivity index is 2.26. The van der Waals surface area contributed by atoms with Gasteiger partial charge in [0.2, 0.25) is 0 Å². The molecule has 2 aromatic rings. The van der Waals surface area contributed by atoms with Crippen molar-refractivity contribution in [2.24, 2.45) is 0 Å². The average Bonchev–Trinajstić information content (AvgIpc) is 2.87. The number of carbonyl (C=O) groups is 1. The van der Waals surface area contributed by atoms with Crippen molar-refractivity contribution < 1.29 is 9.90 Å². The van der Waals surface area contributed by atoms with Gasteiger partial charge in [-0.2, -0.15) is 5.10 Å². The van der Waals surface area contributed by atoms with Gasteiger partial charge in [-0.3, -0.25) is 4.68 Å². The third-order valence-electron chi connectivity index (χ3n) is 3.38. The molecule has 0 aliphatic rings. The quantitative estimate of drug-likeness (QED) is 0.848. The summed E-state index contributed by atoms with van der Waals surface area (Å²) in [5, 5.41) is 16.8. The number of hydrogen-bond donors (Lipinski definition) is 2. The van der Waals surface area contributed by atoms with Crippen LogP contribution < -0.4 is 5.32 Å². The SMILES string of the molecule is CNC(CCn1cc(Br)cn1)(C(=O)O)c1ccccc1. The molecule has 2 N–H and O–H groups in total. The molecule has 1 atom stereocenters. The number of likely N-dealkylation sites (N-methyl/N-ethyl adjacent to an activating group) is 1. The van der Waals surface area contributed by atoms with Crippen molar-refractivity contribution >= 4 is 21.9 Å². The number of aliphatic carboxylic acids is 1. The zero-order valence-corrected chi connectivity index (χ0v) is 12.7. The van der Waals surface area contributed by atoms with Gasteiger partial charge in [0.15, 0.2) is 0 Å². The Morgan fingerprint density at radius 1 is 1.45 bits per heavy atom. The number of nitrogens with one attached hydrogen (secondary N) is 1. The predicted octanol–water partition coefficient (Wildman–Crippen LogP) is 2.24. The summed E-state index contributed by atoms with van der Waals surface area (Å²) in [6, 6.07) is 9.20. The third kappa shape index (κ3) is 2.91. The molecule has 1 heterocycles. The van der Waals surface area contributed by atoms with Crippen molar-refractivity contribution in [3.8, 4) is 0 Å². The average molecular weight is 338 g/mol. The highest BCUT2D eigenvalue weighted by Crippen LogP contribution is 2.26. The lowest BCUT2D eigenvalue weighted by Crippen LogP contribution is -2.48. The maximum absolute atomic E-state index is 11.8. The Morgan fingerprint density at radius 3 is 2.65 bits per heavy atom. The van der Waals surface area contributed by atoms with Crippen molar-refractivity contribution in [1.29, 1.82) is 0 Å². The fourth-order valence-electron chi connectivity index (χ4n) is 2.22. The first-order valence-electron chi connectivity index (χ1n) is 6.24. The van der Waals surface area contributed by atoms with Crippen LogP contribution in [0.5, 0.6) is 0 Å². The molecule has 0 amide bonds. The van der Waals surface area contributed by atoms with Crippen LogP contribution in [0.15, 0.2) is 47.2 Å². The van der Waals surface area contributed by atoms with E-state index in [1.54, 1.807) is 17.9 Å². The second-order valence-corrected chi connectivity index (χ2v) is 5.41. The summed E-state index contributed by atoms with van der Waals surface area (Å²) in [7, 11) is 1.67. The van der Waals surface area contributed by atoms with Gasteiger partial charge in [0.05, 0.1) is 10.7 Å². The summed E-state index contributed by atoms with van der Waals surface area (Å²) in [5.41, 5.74) is -0.374. The van der Waals surface area contributed by atoms with Crippen LogP contribution in [0.1, 0.15) is 12.0 Å². The van der Waals surface area contributed by atoms with E-state index in [1.165, 1.54) is 0 Å². The Hall–Kier alpha value is -1.66. The van der Waals surface area contributed by atoms with E-state index in [0.29, 0.717) is 13.0 Å². The minimum Gasteiger partial charge on any atom is -0.480 e. The second-order valence-electron chi connectivity index (χ2n) is 4.50. The highest BCUT2D eigenvalue weighted by atomic mass is 79.9.